The molecule has 2 nitrogen and oxygen atoms in total. The first-order valence-corrected chi connectivity index (χ1v) is 6.59. The van der Waals surface area contributed by atoms with Crippen LogP contribution in [0, 0.1) is 0 Å². The molecule has 0 saturated heterocycles. The molecule has 3 rings (SSSR count). The summed E-state index contributed by atoms with van der Waals surface area (Å²) in [6, 6.07) is 10.9. The Bertz CT molecular complexity index is 581. The van der Waals surface area contributed by atoms with Gasteiger partial charge in [0.2, 0.25) is 0 Å². The molecule has 0 aliphatic heterocycles. The summed E-state index contributed by atoms with van der Waals surface area (Å²) in [6.45, 7) is 0. The first-order chi connectivity index (χ1) is 8.83. The molecule has 0 fully saturated rings. The van der Waals surface area contributed by atoms with Crippen molar-refractivity contribution in [2.24, 2.45) is 5.73 Å². The number of aromatic nitrogens is 1. The van der Waals surface area contributed by atoms with Crippen LogP contribution in [-0.2, 0) is 6.42 Å². The number of benzene rings is 1. The van der Waals surface area contributed by atoms with Crippen molar-refractivity contribution < 1.29 is 0 Å². The molecular formula is C16H18N2. The van der Waals surface area contributed by atoms with Gasteiger partial charge >= 0.3 is 0 Å². The van der Waals surface area contributed by atoms with Crippen LogP contribution in [0.25, 0.3) is 10.9 Å². The van der Waals surface area contributed by atoms with E-state index in [4.69, 9.17) is 5.73 Å². The smallest absolute Gasteiger partial charge is 0.0704 e. The minimum Gasteiger partial charge on any atom is -0.327 e. The van der Waals surface area contributed by atoms with Gasteiger partial charge in [-0.15, -0.1) is 0 Å². The summed E-state index contributed by atoms with van der Waals surface area (Å²) in [4.78, 5) is 4.41. The zero-order valence-corrected chi connectivity index (χ0v) is 10.5. The van der Waals surface area contributed by atoms with Crippen molar-refractivity contribution in [2.75, 3.05) is 0 Å². The lowest BCUT2D eigenvalue weighted by Crippen LogP contribution is -2.22. The van der Waals surface area contributed by atoms with Gasteiger partial charge in [0.15, 0.2) is 0 Å². The van der Waals surface area contributed by atoms with Gasteiger partial charge in [-0.05, 0) is 43.4 Å². The molecule has 2 heteroatoms. The second-order valence-corrected chi connectivity index (χ2v) is 5.06. The summed E-state index contributed by atoms with van der Waals surface area (Å²) in [6.07, 6.45) is 8.55. The summed E-state index contributed by atoms with van der Waals surface area (Å²) in [5.74, 6) is 0. The maximum Gasteiger partial charge on any atom is 0.0704 e. The van der Waals surface area contributed by atoms with Gasteiger partial charge in [-0.2, -0.15) is 0 Å². The van der Waals surface area contributed by atoms with Crippen molar-refractivity contribution in [1.29, 1.82) is 0 Å². The quantitative estimate of drug-likeness (QED) is 0.816. The maximum atomic E-state index is 5.93. The van der Waals surface area contributed by atoms with Crippen LogP contribution in [0.2, 0.25) is 0 Å². The first-order valence-electron chi connectivity index (χ1n) is 6.59. The Balaban J connectivity index is 1.91. The summed E-state index contributed by atoms with van der Waals surface area (Å²) in [5, 5.41) is 1.27. The fourth-order valence-corrected chi connectivity index (χ4v) is 2.62. The second kappa shape index (κ2) is 4.91. The van der Waals surface area contributed by atoms with E-state index in [1.807, 2.05) is 12.3 Å². The third kappa shape index (κ3) is 2.29. The van der Waals surface area contributed by atoms with Gasteiger partial charge < -0.3 is 5.73 Å². The summed E-state index contributed by atoms with van der Waals surface area (Å²) >= 11 is 0. The molecule has 0 amide bonds. The van der Waals surface area contributed by atoms with Gasteiger partial charge in [-0.1, -0.05) is 29.8 Å². The van der Waals surface area contributed by atoms with Gasteiger partial charge in [0.1, 0.15) is 0 Å². The van der Waals surface area contributed by atoms with Gasteiger partial charge in [-0.3, -0.25) is 4.98 Å². The van der Waals surface area contributed by atoms with E-state index in [-0.39, 0.29) is 0 Å². The van der Waals surface area contributed by atoms with Crippen LogP contribution in [0.5, 0.6) is 0 Å². The van der Waals surface area contributed by atoms with Crippen molar-refractivity contribution in [3.05, 3.63) is 53.7 Å². The number of pyridine rings is 1. The van der Waals surface area contributed by atoms with Crippen LogP contribution in [0.4, 0.5) is 0 Å². The molecule has 0 radical (unpaired) electrons. The molecule has 1 aliphatic rings. The zero-order valence-electron chi connectivity index (χ0n) is 10.5. The molecule has 2 aromatic rings. The van der Waals surface area contributed by atoms with Crippen molar-refractivity contribution in [3.8, 4) is 0 Å². The zero-order chi connectivity index (χ0) is 12.4. The number of hydrogen-bond donors (Lipinski definition) is 1. The number of hydrogen-bond acceptors (Lipinski definition) is 2. The second-order valence-electron chi connectivity index (χ2n) is 5.06. The predicted molar refractivity (Wildman–Crippen MR) is 75.4 cm³/mol. The van der Waals surface area contributed by atoms with Gasteiger partial charge in [-0.25, -0.2) is 0 Å². The summed E-state index contributed by atoms with van der Waals surface area (Å²) < 4.78 is 0. The molecule has 2 N–H and O–H groups in total. The topological polar surface area (TPSA) is 38.9 Å². The molecule has 1 atom stereocenters. The molecule has 1 aromatic carbocycles. The molecule has 0 saturated carbocycles. The molecule has 0 spiro atoms. The van der Waals surface area contributed by atoms with E-state index < -0.39 is 0 Å². The van der Waals surface area contributed by atoms with Crippen LogP contribution >= 0.6 is 0 Å². The predicted octanol–water partition coefficient (Wildman–Crippen LogP) is 3.21. The molecular weight excluding hydrogens is 220 g/mol. The van der Waals surface area contributed by atoms with E-state index in [2.05, 4.69) is 35.3 Å². The lowest BCUT2D eigenvalue weighted by molar-refractivity contribution is 0.584. The number of allylic oxidation sites excluding steroid dienone is 1. The highest BCUT2D eigenvalue weighted by Gasteiger charge is 2.11. The lowest BCUT2D eigenvalue weighted by Gasteiger charge is -2.18. The number of fused-ring (bicyclic) bond motifs is 1. The third-order valence-corrected chi connectivity index (χ3v) is 3.70. The van der Waals surface area contributed by atoms with Gasteiger partial charge in [0, 0.05) is 17.6 Å². The number of para-hydroxylation sites is 1. The van der Waals surface area contributed by atoms with E-state index >= 15 is 0 Å². The third-order valence-electron chi connectivity index (χ3n) is 3.70. The molecule has 0 bridgehead atoms. The van der Waals surface area contributed by atoms with E-state index in [1.54, 1.807) is 0 Å². The van der Waals surface area contributed by atoms with E-state index in [0.29, 0.717) is 6.04 Å². The Hall–Kier alpha value is -1.67. The van der Waals surface area contributed by atoms with E-state index in [0.717, 1.165) is 31.2 Å². The monoisotopic (exact) mass is 238 g/mol. The molecule has 1 unspecified atom stereocenters. The highest BCUT2D eigenvalue weighted by Crippen LogP contribution is 2.24. The largest absolute Gasteiger partial charge is 0.327 e. The van der Waals surface area contributed by atoms with Crippen molar-refractivity contribution in [1.82, 2.24) is 4.98 Å². The number of nitrogens with two attached hydrogens (primary N) is 1. The molecule has 1 aliphatic carbocycles. The standard InChI is InChI=1S/C16H18N2/c17-14-7-5-12(6-8-14)11-13-9-10-18-16-4-2-1-3-15(13)16/h1-5,9-10,14H,6-8,11,17H2. The van der Waals surface area contributed by atoms with Gasteiger partial charge in [0.25, 0.3) is 0 Å². The Labute approximate surface area is 108 Å². The van der Waals surface area contributed by atoms with Gasteiger partial charge in [0.05, 0.1) is 5.52 Å². The summed E-state index contributed by atoms with van der Waals surface area (Å²) in [5.41, 5.74) is 9.91. The normalized spacial score (nSPS) is 19.8. The van der Waals surface area contributed by atoms with E-state index in [1.165, 1.54) is 16.5 Å². The highest BCUT2D eigenvalue weighted by molar-refractivity contribution is 5.82. The molecule has 18 heavy (non-hydrogen) atoms. The molecule has 1 aromatic heterocycles. The SMILES string of the molecule is NC1CC=C(Cc2ccnc3ccccc23)CC1. The van der Waals surface area contributed by atoms with Crippen molar-refractivity contribution in [2.45, 2.75) is 31.7 Å². The Morgan fingerprint density at radius 3 is 2.94 bits per heavy atom. The van der Waals surface area contributed by atoms with Crippen molar-refractivity contribution in [3.63, 3.8) is 0 Å². The fraction of sp³-hybridized carbons (Fsp3) is 0.312. The van der Waals surface area contributed by atoms with Crippen LogP contribution < -0.4 is 5.73 Å². The average molecular weight is 238 g/mol. The van der Waals surface area contributed by atoms with Crippen LogP contribution in [0.1, 0.15) is 24.8 Å². The maximum absolute atomic E-state index is 5.93. The molecule has 1 heterocycles. The summed E-state index contributed by atoms with van der Waals surface area (Å²) in [7, 11) is 0. The number of nitrogens with zero attached hydrogens (tertiary/aromatic N) is 1. The Kier molecular flexibility index (Phi) is 3.11. The Morgan fingerprint density at radius 1 is 1.22 bits per heavy atom. The minimum atomic E-state index is 0.364. The van der Waals surface area contributed by atoms with Crippen LogP contribution in [0.15, 0.2) is 48.2 Å². The average Bonchev–Trinajstić information content (AvgIpc) is 2.42. The fourth-order valence-electron chi connectivity index (χ4n) is 2.62. The molecule has 92 valence electrons. The number of rotatable bonds is 2. The van der Waals surface area contributed by atoms with Crippen molar-refractivity contribution >= 4 is 10.9 Å². The lowest BCUT2D eigenvalue weighted by atomic mass is 9.91. The minimum absolute atomic E-state index is 0.364. The Morgan fingerprint density at radius 2 is 2.11 bits per heavy atom. The highest BCUT2D eigenvalue weighted by atomic mass is 14.6. The van der Waals surface area contributed by atoms with Crippen LogP contribution in [0.3, 0.4) is 0 Å². The van der Waals surface area contributed by atoms with Crippen LogP contribution in [-0.4, -0.2) is 11.0 Å². The first kappa shape index (κ1) is 11.4. The van der Waals surface area contributed by atoms with E-state index in [9.17, 15) is 0 Å².